The smallest absolute Gasteiger partial charge is 0.307 e. The van der Waals surface area contributed by atoms with Gasteiger partial charge in [0.05, 0.1) is 13.5 Å². The monoisotopic (exact) mass is 266 g/mol. The summed E-state index contributed by atoms with van der Waals surface area (Å²) in [6.07, 6.45) is 0.925. The fourth-order valence-electron chi connectivity index (χ4n) is 0.687. The number of methoxy groups -OCH3 is 1. The average molecular weight is 268 g/mol. The van der Waals surface area contributed by atoms with Crippen LogP contribution < -0.4 is 0 Å². The van der Waals surface area contributed by atoms with E-state index in [9.17, 15) is 4.79 Å². The van der Waals surface area contributed by atoms with Gasteiger partial charge in [-0.15, -0.1) is 11.6 Å². The lowest BCUT2D eigenvalue weighted by molar-refractivity contribution is -0.140. The van der Waals surface area contributed by atoms with Crippen molar-refractivity contribution >= 4 is 52.4 Å². The summed E-state index contributed by atoms with van der Waals surface area (Å²) >= 11 is 22.3. The molecule has 13 heavy (non-hydrogen) atoms. The average Bonchev–Trinajstić information content (AvgIpc) is 1.99. The Labute approximate surface area is 97.4 Å². The van der Waals surface area contributed by atoms with Crippen LogP contribution >= 0.6 is 46.4 Å². The predicted molar refractivity (Wildman–Crippen MR) is 55.8 cm³/mol. The molecule has 0 saturated carbocycles. The van der Waals surface area contributed by atoms with E-state index < -0.39 is 3.79 Å². The first-order valence-electron chi connectivity index (χ1n) is 3.63. The molecule has 2 nitrogen and oxygen atoms in total. The summed E-state index contributed by atoms with van der Waals surface area (Å²) in [5, 5.41) is -0.344. The minimum absolute atomic E-state index is 0.138. The van der Waals surface area contributed by atoms with Crippen molar-refractivity contribution in [2.45, 2.75) is 28.4 Å². The lowest BCUT2D eigenvalue weighted by Crippen LogP contribution is -2.12. The highest BCUT2D eigenvalue weighted by atomic mass is 35.6. The van der Waals surface area contributed by atoms with E-state index in [1.165, 1.54) is 7.11 Å². The Morgan fingerprint density at radius 3 is 2.38 bits per heavy atom. The molecule has 0 rings (SSSR count). The molecule has 78 valence electrons. The topological polar surface area (TPSA) is 26.3 Å². The van der Waals surface area contributed by atoms with Gasteiger partial charge in [-0.2, -0.15) is 0 Å². The van der Waals surface area contributed by atoms with Crippen LogP contribution in [0.4, 0.5) is 0 Å². The van der Waals surface area contributed by atoms with Crippen LogP contribution in [0.5, 0.6) is 0 Å². The maximum Gasteiger partial charge on any atom is 0.307 e. The molecule has 0 amide bonds. The molecular formula is C7H10Cl4O2. The Hall–Kier alpha value is 0.630. The van der Waals surface area contributed by atoms with E-state index in [1.807, 2.05) is 0 Å². The zero-order valence-electron chi connectivity index (χ0n) is 7.03. The van der Waals surface area contributed by atoms with Crippen molar-refractivity contribution < 1.29 is 9.53 Å². The Morgan fingerprint density at radius 2 is 2.00 bits per heavy atom. The maximum absolute atomic E-state index is 10.7. The molecule has 0 aliphatic heterocycles. The Morgan fingerprint density at radius 1 is 1.46 bits per heavy atom. The predicted octanol–water partition coefficient (Wildman–Crippen LogP) is 3.31. The highest BCUT2D eigenvalue weighted by Crippen LogP contribution is 2.32. The molecule has 0 saturated heterocycles. The lowest BCUT2D eigenvalue weighted by atomic mass is 10.2. The molecule has 1 unspecified atom stereocenters. The van der Waals surface area contributed by atoms with Gasteiger partial charge in [-0.25, -0.2) is 0 Å². The molecule has 0 radical (unpaired) electrons. The van der Waals surface area contributed by atoms with Gasteiger partial charge < -0.3 is 4.74 Å². The van der Waals surface area contributed by atoms with E-state index in [-0.39, 0.29) is 17.8 Å². The third-order valence-corrected chi connectivity index (χ3v) is 2.30. The van der Waals surface area contributed by atoms with Crippen molar-refractivity contribution in [1.82, 2.24) is 0 Å². The number of carbonyl (C=O) groups is 1. The van der Waals surface area contributed by atoms with E-state index in [4.69, 9.17) is 46.4 Å². The van der Waals surface area contributed by atoms with Crippen LogP contribution in [-0.4, -0.2) is 22.2 Å². The van der Waals surface area contributed by atoms with Crippen molar-refractivity contribution in [2.75, 3.05) is 7.11 Å². The van der Waals surface area contributed by atoms with Crippen LogP contribution in [0, 0.1) is 0 Å². The lowest BCUT2D eigenvalue weighted by Gasteiger charge is -2.12. The standard InChI is InChI=1S/C7H10Cl4O2/c1-13-6(12)4-5(8)2-3-7(9,10)11/h5H,2-4H2,1H3. The molecular weight excluding hydrogens is 258 g/mol. The molecule has 0 aliphatic rings. The normalized spacial score (nSPS) is 13.9. The Bertz CT molecular complexity index is 166. The van der Waals surface area contributed by atoms with Crippen LogP contribution in [0.15, 0.2) is 0 Å². The van der Waals surface area contributed by atoms with Gasteiger partial charge in [-0.3, -0.25) is 4.79 Å². The first-order chi connectivity index (χ1) is 5.85. The number of ether oxygens (including phenoxy) is 1. The number of rotatable bonds is 4. The van der Waals surface area contributed by atoms with Gasteiger partial charge in [-0.05, 0) is 12.8 Å². The Kier molecular flexibility index (Phi) is 6.48. The zero-order chi connectivity index (χ0) is 10.5. The van der Waals surface area contributed by atoms with E-state index in [0.29, 0.717) is 12.8 Å². The van der Waals surface area contributed by atoms with Crippen LogP contribution in [0.2, 0.25) is 0 Å². The van der Waals surface area contributed by atoms with Gasteiger partial charge >= 0.3 is 5.97 Å². The fourth-order valence-corrected chi connectivity index (χ4v) is 1.25. The molecule has 1 atom stereocenters. The molecule has 0 aromatic rings. The highest BCUT2D eigenvalue weighted by Gasteiger charge is 2.22. The van der Waals surface area contributed by atoms with Crippen LogP contribution in [0.3, 0.4) is 0 Å². The second kappa shape index (κ2) is 6.18. The number of carbonyl (C=O) groups excluding carboxylic acids is 1. The van der Waals surface area contributed by atoms with Gasteiger partial charge in [-0.1, -0.05) is 34.8 Å². The second-order valence-corrected chi connectivity index (χ2v) is 5.66. The summed E-state index contributed by atoms with van der Waals surface area (Å²) in [5.41, 5.74) is 0. The number of halogens is 4. The largest absolute Gasteiger partial charge is 0.469 e. The summed E-state index contributed by atoms with van der Waals surface area (Å²) < 4.78 is 3.13. The second-order valence-electron chi connectivity index (χ2n) is 2.53. The fraction of sp³-hybridized carbons (Fsp3) is 0.857. The van der Waals surface area contributed by atoms with Crippen molar-refractivity contribution in [3.63, 3.8) is 0 Å². The van der Waals surface area contributed by atoms with E-state index in [1.54, 1.807) is 0 Å². The minimum atomic E-state index is -1.30. The highest BCUT2D eigenvalue weighted by molar-refractivity contribution is 6.67. The minimum Gasteiger partial charge on any atom is -0.469 e. The molecule has 0 N–H and O–H groups in total. The number of hydrogen-bond donors (Lipinski definition) is 0. The molecule has 0 aliphatic carbocycles. The van der Waals surface area contributed by atoms with E-state index >= 15 is 0 Å². The van der Waals surface area contributed by atoms with E-state index in [2.05, 4.69) is 4.74 Å². The van der Waals surface area contributed by atoms with Crippen molar-refractivity contribution in [3.05, 3.63) is 0 Å². The van der Waals surface area contributed by atoms with Gasteiger partial charge in [0.2, 0.25) is 0 Å². The van der Waals surface area contributed by atoms with Gasteiger partial charge in [0.1, 0.15) is 0 Å². The van der Waals surface area contributed by atoms with Crippen molar-refractivity contribution in [1.29, 1.82) is 0 Å². The summed E-state index contributed by atoms with van der Waals surface area (Å²) in [6, 6.07) is 0. The van der Waals surface area contributed by atoms with Crippen LogP contribution in [-0.2, 0) is 9.53 Å². The first-order valence-corrected chi connectivity index (χ1v) is 5.20. The summed E-state index contributed by atoms with van der Waals surface area (Å²) in [6.45, 7) is 0. The third-order valence-electron chi connectivity index (χ3n) is 1.36. The number of alkyl halides is 4. The van der Waals surface area contributed by atoms with E-state index in [0.717, 1.165) is 0 Å². The summed E-state index contributed by atoms with van der Waals surface area (Å²) in [4.78, 5) is 10.7. The van der Waals surface area contributed by atoms with Crippen molar-refractivity contribution in [2.24, 2.45) is 0 Å². The molecule has 0 aromatic carbocycles. The Balaban J connectivity index is 3.63. The number of esters is 1. The first kappa shape index (κ1) is 13.6. The van der Waals surface area contributed by atoms with Crippen LogP contribution in [0.1, 0.15) is 19.3 Å². The summed E-state index contributed by atoms with van der Waals surface area (Å²) in [7, 11) is 1.31. The third kappa shape index (κ3) is 8.95. The molecule has 0 spiro atoms. The SMILES string of the molecule is COC(=O)CC(Cl)CCC(Cl)(Cl)Cl. The van der Waals surface area contributed by atoms with Gasteiger partial charge in [0, 0.05) is 5.38 Å². The summed E-state index contributed by atoms with van der Waals surface area (Å²) in [5.74, 6) is -0.357. The molecule has 0 bridgehead atoms. The molecule has 6 heteroatoms. The quantitative estimate of drug-likeness (QED) is 0.577. The maximum atomic E-state index is 10.7. The van der Waals surface area contributed by atoms with Gasteiger partial charge in [0.25, 0.3) is 0 Å². The van der Waals surface area contributed by atoms with Gasteiger partial charge in [0.15, 0.2) is 3.79 Å². The van der Waals surface area contributed by atoms with Crippen molar-refractivity contribution in [3.8, 4) is 0 Å². The number of hydrogen-bond acceptors (Lipinski definition) is 2. The zero-order valence-corrected chi connectivity index (χ0v) is 10.1. The van der Waals surface area contributed by atoms with Crippen LogP contribution in [0.25, 0.3) is 0 Å². The molecule has 0 heterocycles. The molecule has 0 aromatic heterocycles. The molecule has 0 fully saturated rings.